The molecule has 2 nitrogen and oxygen atoms in total. The van der Waals surface area contributed by atoms with Gasteiger partial charge in [-0.3, -0.25) is 0 Å². The van der Waals surface area contributed by atoms with E-state index in [1.807, 2.05) is 49.4 Å². The van der Waals surface area contributed by atoms with Gasteiger partial charge in [0.25, 0.3) is 0 Å². The van der Waals surface area contributed by atoms with E-state index in [-0.39, 0.29) is 0 Å². The zero-order chi connectivity index (χ0) is 13.8. The van der Waals surface area contributed by atoms with Crippen molar-refractivity contribution in [2.24, 2.45) is 0 Å². The maximum Gasteiger partial charge on any atom is 0.125 e. The minimum atomic E-state index is -0.717. The number of para-hydroxylation sites is 1. The molecule has 0 heterocycles. The fourth-order valence-corrected chi connectivity index (χ4v) is 3.15. The molecule has 4 heteroatoms. The first kappa shape index (κ1) is 14.6. The zero-order valence-electron chi connectivity index (χ0n) is 10.4. The number of rotatable bonds is 4. The van der Waals surface area contributed by atoms with Crippen molar-refractivity contribution in [1.29, 1.82) is 0 Å². The third kappa shape index (κ3) is 3.38. The van der Waals surface area contributed by atoms with Crippen molar-refractivity contribution in [2.75, 3.05) is 6.61 Å². The quantitative estimate of drug-likeness (QED) is 0.826. The fraction of sp³-hybridized carbons (Fsp3) is 0.200. The lowest BCUT2D eigenvalue weighted by Crippen LogP contribution is -2.04. The lowest BCUT2D eigenvalue weighted by atomic mass is 10.0. The summed E-state index contributed by atoms with van der Waals surface area (Å²) in [7, 11) is 0. The molecular formula is C15H14Br2O2. The van der Waals surface area contributed by atoms with E-state index in [1.165, 1.54) is 0 Å². The molecule has 19 heavy (non-hydrogen) atoms. The maximum atomic E-state index is 10.5. The number of halogens is 2. The molecule has 1 unspecified atom stereocenters. The SMILES string of the molecule is CCOc1ccccc1C(O)c1ccc(Br)cc1Br. The molecule has 1 N–H and O–H groups in total. The molecule has 0 amide bonds. The fourth-order valence-electron chi connectivity index (χ4n) is 1.88. The topological polar surface area (TPSA) is 29.5 Å². The molecule has 0 aliphatic rings. The van der Waals surface area contributed by atoms with Gasteiger partial charge in [0.05, 0.1) is 6.61 Å². The van der Waals surface area contributed by atoms with Gasteiger partial charge in [0.1, 0.15) is 11.9 Å². The monoisotopic (exact) mass is 384 g/mol. The first-order valence-electron chi connectivity index (χ1n) is 5.98. The molecule has 0 fully saturated rings. The Kier molecular flexibility index (Phi) is 5.02. The van der Waals surface area contributed by atoms with Crippen molar-refractivity contribution < 1.29 is 9.84 Å². The number of ether oxygens (including phenoxy) is 1. The molecule has 0 aliphatic heterocycles. The first-order chi connectivity index (χ1) is 9.13. The Hall–Kier alpha value is -0.840. The van der Waals surface area contributed by atoms with E-state index in [2.05, 4.69) is 31.9 Å². The summed E-state index contributed by atoms with van der Waals surface area (Å²) in [6, 6.07) is 13.3. The largest absolute Gasteiger partial charge is 0.493 e. The van der Waals surface area contributed by atoms with Gasteiger partial charge < -0.3 is 9.84 Å². The molecule has 2 rings (SSSR count). The van der Waals surface area contributed by atoms with E-state index in [1.54, 1.807) is 0 Å². The van der Waals surface area contributed by atoms with Crippen LogP contribution in [0.15, 0.2) is 51.4 Å². The summed E-state index contributed by atoms with van der Waals surface area (Å²) in [5, 5.41) is 10.5. The second-order valence-corrected chi connectivity index (χ2v) is 5.81. The van der Waals surface area contributed by atoms with Crippen molar-refractivity contribution >= 4 is 31.9 Å². The van der Waals surface area contributed by atoms with Crippen LogP contribution in [-0.2, 0) is 0 Å². The second-order valence-electron chi connectivity index (χ2n) is 4.04. The summed E-state index contributed by atoms with van der Waals surface area (Å²) >= 11 is 6.88. The van der Waals surface area contributed by atoms with E-state index in [0.29, 0.717) is 12.4 Å². The van der Waals surface area contributed by atoms with Gasteiger partial charge in [-0.2, -0.15) is 0 Å². The Bertz CT molecular complexity index is 570. The molecule has 1 atom stereocenters. The van der Waals surface area contributed by atoms with Crippen LogP contribution in [0.3, 0.4) is 0 Å². The normalized spacial score (nSPS) is 12.2. The number of aliphatic hydroxyl groups excluding tert-OH is 1. The Balaban J connectivity index is 2.41. The molecule has 0 aromatic heterocycles. The van der Waals surface area contributed by atoms with Crippen LogP contribution in [0.4, 0.5) is 0 Å². The zero-order valence-corrected chi connectivity index (χ0v) is 13.6. The van der Waals surface area contributed by atoms with Gasteiger partial charge >= 0.3 is 0 Å². The van der Waals surface area contributed by atoms with E-state index < -0.39 is 6.10 Å². The molecule has 0 bridgehead atoms. The lowest BCUT2D eigenvalue weighted by Gasteiger charge is -2.17. The summed E-state index contributed by atoms with van der Waals surface area (Å²) in [5.74, 6) is 0.715. The average molecular weight is 386 g/mol. The first-order valence-corrected chi connectivity index (χ1v) is 7.56. The van der Waals surface area contributed by atoms with Gasteiger partial charge in [0.15, 0.2) is 0 Å². The van der Waals surface area contributed by atoms with Gasteiger partial charge in [-0.15, -0.1) is 0 Å². The average Bonchev–Trinajstić information content (AvgIpc) is 2.39. The van der Waals surface area contributed by atoms with Crippen LogP contribution in [-0.4, -0.2) is 11.7 Å². The van der Waals surface area contributed by atoms with Crippen molar-refractivity contribution in [3.8, 4) is 5.75 Å². The van der Waals surface area contributed by atoms with Gasteiger partial charge in [-0.05, 0) is 30.7 Å². The van der Waals surface area contributed by atoms with E-state index in [0.717, 1.165) is 20.1 Å². The van der Waals surface area contributed by atoms with E-state index >= 15 is 0 Å². The molecule has 2 aromatic carbocycles. The van der Waals surface area contributed by atoms with Crippen LogP contribution < -0.4 is 4.74 Å². The Labute approximate surface area is 129 Å². The Morgan fingerprint density at radius 3 is 2.53 bits per heavy atom. The standard InChI is InChI=1S/C15H14Br2O2/c1-2-19-14-6-4-3-5-12(14)15(18)11-8-7-10(16)9-13(11)17/h3-9,15,18H,2H2,1H3. The highest BCUT2D eigenvalue weighted by Gasteiger charge is 2.17. The van der Waals surface area contributed by atoms with Crippen molar-refractivity contribution in [2.45, 2.75) is 13.0 Å². The van der Waals surface area contributed by atoms with Gasteiger partial charge in [-0.1, -0.05) is 56.1 Å². The summed E-state index contributed by atoms with van der Waals surface area (Å²) in [5.41, 5.74) is 1.59. The molecule has 2 aromatic rings. The second kappa shape index (κ2) is 6.55. The van der Waals surface area contributed by atoms with Crippen LogP contribution in [0, 0.1) is 0 Å². The highest BCUT2D eigenvalue weighted by Crippen LogP contribution is 2.34. The summed E-state index contributed by atoms with van der Waals surface area (Å²) < 4.78 is 7.39. The molecule has 100 valence electrons. The molecule has 0 saturated heterocycles. The molecule has 0 saturated carbocycles. The minimum absolute atomic E-state index is 0.575. The molecule has 0 radical (unpaired) electrons. The predicted molar refractivity (Wildman–Crippen MR) is 83.5 cm³/mol. The van der Waals surface area contributed by atoms with Crippen LogP contribution in [0.2, 0.25) is 0 Å². The maximum absolute atomic E-state index is 10.5. The van der Waals surface area contributed by atoms with Crippen molar-refractivity contribution in [3.05, 3.63) is 62.5 Å². The van der Waals surface area contributed by atoms with Gasteiger partial charge in [0, 0.05) is 14.5 Å². The Morgan fingerprint density at radius 2 is 1.84 bits per heavy atom. The van der Waals surface area contributed by atoms with E-state index in [9.17, 15) is 5.11 Å². The Morgan fingerprint density at radius 1 is 1.11 bits per heavy atom. The summed E-state index contributed by atoms with van der Waals surface area (Å²) in [6.45, 7) is 2.50. The van der Waals surface area contributed by atoms with Crippen LogP contribution in [0.5, 0.6) is 5.75 Å². The number of aliphatic hydroxyl groups is 1. The van der Waals surface area contributed by atoms with Crippen molar-refractivity contribution in [1.82, 2.24) is 0 Å². The smallest absolute Gasteiger partial charge is 0.125 e. The third-order valence-corrected chi connectivity index (χ3v) is 3.95. The van der Waals surface area contributed by atoms with Crippen LogP contribution >= 0.6 is 31.9 Å². The van der Waals surface area contributed by atoms with Gasteiger partial charge in [0.2, 0.25) is 0 Å². The predicted octanol–water partition coefficient (Wildman–Crippen LogP) is 4.69. The number of benzene rings is 2. The number of hydrogen-bond donors (Lipinski definition) is 1. The third-order valence-electron chi connectivity index (χ3n) is 2.77. The van der Waals surface area contributed by atoms with Crippen LogP contribution in [0.1, 0.15) is 24.2 Å². The highest BCUT2D eigenvalue weighted by molar-refractivity contribution is 9.11. The highest BCUT2D eigenvalue weighted by atomic mass is 79.9. The number of hydrogen-bond acceptors (Lipinski definition) is 2. The van der Waals surface area contributed by atoms with Gasteiger partial charge in [-0.25, -0.2) is 0 Å². The lowest BCUT2D eigenvalue weighted by molar-refractivity contribution is 0.211. The van der Waals surface area contributed by atoms with Crippen molar-refractivity contribution in [3.63, 3.8) is 0 Å². The van der Waals surface area contributed by atoms with Crippen LogP contribution in [0.25, 0.3) is 0 Å². The molecule has 0 spiro atoms. The minimum Gasteiger partial charge on any atom is -0.493 e. The molecular weight excluding hydrogens is 372 g/mol. The van der Waals surface area contributed by atoms with E-state index in [4.69, 9.17) is 4.74 Å². The molecule has 0 aliphatic carbocycles. The summed E-state index contributed by atoms with van der Waals surface area (Å²) in [4.78, 5) is 0. The summed E-state index contributed by atoms with van der Waals surface area (Å²) in [6.07, 6.45) is -0.717.